The maximum absolute atomic E-state index is 2.15. The van der Waals surface area contributed by atoms with Crippen LogP contribution in [0.15, 0.2) is 0 Å². The van der Waals surface area contributed by atoms with E-state index in [1.54, 1.807) is 0 Å². The summed E-state index contributed by atoms with van der Waals surface area (Å²) in [5.41, 5.74) is 0. The second kappa shape index (κ2) is 23.3. The molecule has 0 saturated heterocycles. The standard InChI is InChI=1S/C2H7P.3Y/c1-3-2;;;/h3H,1-2H3;;;. The van der Waals surface area contributed by atoms with Crippen LogP contribution in [0.4, 0.5) is 0 Å². The van der Waals surface area contributed by atoms with E-state index in [1.807, 2.05) is 0 Å². The average molecular weight is 329 g/mol. The molecule has 6 heavy (non-hydrogen) atoms. The Morgan fingerprint density at radius 2 is 0.833 bits per heavy atom. The summed E-state index contributed by atoms with van der Waals surface area (Å²) in [5, 5.41) is 0. The van der Waals surface area contributed by atoms with E-state index in [0.29, 0.717) is 0 Å². The van der Waals surface area contributed by atoms with Crippen LogP contribution in [-0.4, -0.2) is 13.3 Å². The van der Waals surface area contributed by atoms with Gasteiger partial charge in [0.1, 0.15) is 0 Å². The van der Waals surface area contributed by atoms with E-state index in [9.17, 15) is 0 Å². The SMILES string of the molecule is CPC.[Y].[Y].[Y]. The van der Waals surface area contributed by atoms with E-state index < -0.39 is 0 Å². The van der Waals surface area contributed by atoms with Crippen LogP contribution < -0.4 is 0 Å². The molecule has 0 spiro atoms. The molecule has 0 aliphatic rings. The molecule has 0 nitrogen and oxygen atoms in total. The van der Waals surface area contributed by atoms with E-state index in [2.05, 4.69) is 13.3 Å². The Labute approximate surface area is 117 Å². The summed E-state index contributed by atoms with van der Waals surface area (Å²) in [6, 6.07) is 0. The minimum atomic E-state index is 0. The summed E-state index contributed by atoms with van der Waals surface area (Å²) in [6.07, 6.45) is 0. The first-order valence-corrected chi connectivity index (χ1v) is 3.00. The minimum absolute atomic E-state index is 0. The van der Waals surface area contributed by atoms with Crippen molar-refractivity contribution in [2.45, 2.75) is 0 Å². The van der Waals surface area contributed by atoms with Crippen LogP contribution in [0.25, 0.3) is 0 Å². The molecule has 0 heterocycles. The first-order valence-electron chi connectivity index (χ1n) is 1.00. The summed E-state index contributed by atoms with van der Waals surface area (Å²) < 4.78 is 0. The van der Waals surface area contributed by atoms with Crippen LogP contribution in [-0.2, 0) is 98.1 Å². The van der Waals surface area contributed by atoms with Gasteiger partial charge in [-0.25, -0.2) is 0 Å². The molecule has 3 radical (unpaired) electrons. The van der Waals surface area contributed by atoms with Gasteiger partial charge in [0.2, 0.25) is 0 Å². The summed E-state index contributed by atoms with van der Waals surface area (Å²) in [7, 11) is 1.08. The van der Waals surface area contributed by atoms with Gasteiger partial charge in [0.05, 0.1) is 0 Å². The van der Waals surface area contributed by atoms with Gasteiger partial charge in [-0.2, -0.15) is 0 Å². The molecule has 0 aliphatic heterocycles. The van der Waals surface area contributed by atoms with Gasteiger partial charge in [0.15, 0.2) is 0 Å². The third-order valence-corrected chi connectivity index (χ3v) is 0. The maximum Gasteiger partial charge on any atom is 0 e. The Hall–Kier alpha value is 3.74. The Bertz CT molecular complexity index is 8.75. The van der Waals surface area contributed by atoms with E-state index in [0.717, 1.165) is 8.58 Å². The Kier molecular flexibility index (Phi) is 87.7. The number of rotatable bonds is 0. The van der Waals surface area contributed by atoms with Crippen molar-refractivity contribution >= 4 is 8.58 Å². The first kappa shape index (κ1) is 22.6. The van der Waals surface area contributed by atoms with Gasteiger partial charge >= 0.3 is 0 Å². The molecule has 0 bridgehead atoms. The van der Waals surface area contributed by atoms with Crippen LogP contribution >= 0.6 is 8.58 Å². The fourth-order valence-electron chi connectivity index (χ4n) is 0. The second-order valence-electron chi connectivity index (χ2n) is 0.500. The van der Waals surface area contributed by atoms with Crippen LogP contribution in [0.2, 0.25) is 0 Å². The van der Waals surface area contributed by atoms with Crippen molar-refractivity contribution in [3.63, 3.8) is 0 Å². The van der Waals surface area contributed by atoms with Crippen molar-refractivity contribution in [3.05, 3.63) is 0 Å². The molecule has 0 amide bonds. The van der Waals surface area contributed by atoms with Crippen LogP contribution in [0.3, 0.4) is 0 Å². The summed E-state index contributed by atoms with van der Waals surface area (Å²) in [5.74, 6) is 0. The van der Waals surface area contributed by atoms with Gasteiger partial charge in [-0.3, -0.25) is 0 Å². The fraction of sp³-hybridized carbons (Fsp3) is 1.00. The van der Waals surface area contributed by atoms with Crippen molar-refractivity contribution in [2.24, 2.45) is 0 Å². The summed E-state index contributed by atoms with van der Waals surface area (Å²) >= 11 is 0. The van der Waals surface area contributed by atoms with Crippen LogP contribution in [0.1, 0.15) is 0 Å². The van der Waals surface area contributed by atoms with Crippen LogP contribution in [0, 0.1) is 0 Å². The van der Waals surface area contributed by atoms with E-state index in [-0.39, 0.29) is 98.1 Å². The average Bonchev–Trinajstić information content (AvgIpc) is 0.918. The fourth-order valence-corrected chi connectivity index (χ4v) is 0. The third-order valence-electron chi connectivity index (χ3n) is 0. The Morgan fingerprint density at radius 3 is 0.833 bits per heavy atom. The summed E-state index contributed by atoms with van der Waals surface area (Å²) in [4.78, 5) is 0. The minimum Gasteiger partial charge on any atom is -0.129 e. The van der Waals surface area contributed by atoms with Crippen molar-refractivity contribution in [1.82, 2.24) is 0 Å². The monoisotopic (exact) mass is 329 g/mol. The van der Waals surface area contributed by atoms with Gasteiger partial charge in [0.25, 0.3) is 0 Å². The number of hydrogen-bond acceptors (Lipinski definition) is 0. The molecule has 0 fully saturated rings. The molecule has 4 heteroatoms. The molecule has 0 aromatic carbocycles. The van der Waals surface area contributed by atoms with Gasteiger partial charge in [-0.15, -0.1) is 8.58 Å². The molecule has 29 valence electrons. The molecule has 0 rings (SSSR count). The molecule has 0 aromatic rings. The van der Waals surface area contributed by atoms with Gasteiger partial charge in [-0.1, -0.05) is 0 Å². The number of hydrogen-bond donors (Lipinski definition) is 0. The van der Waals surface area contributed by atoms with Crippen molar-refractivity contribution in [2.75, 3.05) is 13.3 Å². The molecular formula is C2H7PY3. The zero-order valence-corrected chi connectivity index (χ0v) is 13.7. The molecule has 0 atom stereocenters. The van der Waals surface area contributed by atoms with Crippen molar-refractivity contribution < 1.29 is 98.1 Å². The smallest absolute Gasteiger partial charge is 0 e. The van der Waals surface area contributed by atoms with Crippen LogP contribution in [0.5, 0.6) is 0 Å². The van der Waals surface area contributed by atoms with Gasteiger partial charge in [-0.05, 0) is 13.3 Å². The van der Waals surface area contributed by atoms with Gasteiger partial charge in [0, 0.05) is 98.1 Å². The Balaban J connectivity index is -0.00000000667. The largest absolute Gasteiger partial charge is 0.129 e. The molecule has 0 unspecified atom stereocenters. The third kappa shape index (κ3) is 25.1. The first-order chi connectivity index (χ1) is 1.41. The molecule has 0 N–H and O–H groups in total. The van der Waals surface area contributed by atoms with Crippen molar-refractivity contribution in [3.8, 4) is 0 Å². The zero-order valence-electron chi connectivity index (χ0n) is 4.23. The topological polar surface area (TPSA) is 0 Å². The zero-order chi connectivity index (χ0) is 2.71. The maximum atomic E-state index is 2.15. The normalized spacial score (nSPS) is 3.00. The Morgan fingerprint density at radius 1 is 0.833 bits per heavy atom. The quantitative estimate of drug-likeness (QED) is 0.580. The van der Waals surface area contributed by atoms with E-state index in [4.69, 9.17) is 0 Å². The van der Waals surface area contributed by atoms with E-state index >= 15 is 0 Å². The second-order valence-corrected chi connectivity index (χ2v) is 1.50. The molecule has 0 aromatic heterocycles. The van der Waals surface area contributed by atoms with Crippen molar-refractivity contribution in [1.29, 1.82) is 0 Å². The predicted octanol–water partition coefficient (Wildman–Crippen LogP) is 0.917. The summed E-state index contributed by atoms with van der Waals surface area (Å²) in [6.45, 7) is 4.31. The molecule has 0 saturated carbocycles. The van der Waals surface area contributed by atoms with Gasteiger partial charge < -0.3 is 0 Å². The molecule has 0 aliphatic carbocycles. The predicted molar refractivity (Wildman–Crippen MR) is 20.2 cm³/mol. The van der Waals surface area contributed by atoms with E-state index in [1.165, 1.54) is 0 Å². The molecular weight excluding hydrogens is 322 g/mol.